The molecule has 0 amide bonds. The molecule has 1 fully saturated rings. The summed E-state index contributed by atoms with van der Waals surface area (Å²) in [6.07, 6.45) is 1.81. The summed E-state index contributed by atoms with van der Waals surface area (Å²) < 4.78 is 2.09. The van der Waals surface area contributed by atoms with E-state index in [0.717, 1.165) is 44.2 Å². The van der Waals surface area contributed by atoms with Gasteiger partial charge in [0.25, 0.3) is 0 Å². The van der Waals surface area contributed by atoms with E-state index in [1.165, 1.54) is 5.56 Å². The first-order chi connectivity index (χ1) is 9.34. The van der Waals surface area contributed by atoms with E-state index in [4.69, 9.17) is 0 Å². The van der Waals surface area contributed by atoms with Crippen molar-refractivity contribution in [2.75, 3.05) is 26.2 Å². The van der Waals surface area contributed by atoms with Gasteiger partial charge in [0, 0.05) is 26.2 Å². The number of para-hydroxylation sites is 1. The van der Waals surface area contributed by atoms with E-state index in [-0.39, 0.29) is 0 Å². The molecule has 1 saturated heterocycles. The van der Waals surface area contributed by atoms with Crippen LogP contribution in [0.25, 0.3) is 5.69 Å². The van der Waals surface area contributed by atoms with Crippen molar-refractivity contribution in [3.05, 3.63) is 42.0 Å². The summed E-state index contributed by atoms with van der Waals surface area (Å²) in [7, 11) is 0. The Morgan fingerprint density at radius 3 is 2.79 bits per heavy atom. The van der Waals surface area contributed by atoms with Crippen LogP contribution < -0.4 is 5.32 Å². The first kappa shape index (κ1) is 12.3. The van der Waals surface area contributed by atoms with E-state index >= 15 is 0 Å². The molecule has 19 heavy (non-hydrogen) atoms. The molecule has 100 valence electrons. The van der Waals surface area contributed by atoms with Gasteiger partial charge in [-0.3, -0.25) is 9.47 Å². The van der Waals surface area contributed by atoms with Gasteiger partial charge in [-0.1, -0.05) is 18.2 Å². The Balaban J connectivity index is 1.84. The van der Waals surface area contributed by atoms with Gasteiger partial charge in [0.15, 0.2) is 5.82 Å². The number of nitrogens with zero attached hydrogens (tertiary/aromatic N) is 4. The molecule has 0 saturated carbocycles. The summed E-state index contributed by atoms with van der Waals surface area (Å²) in [5.41, 5.74) is 2.40. The van der Waals surface area contributed by atoms with Crippen molar-refractivity contribution in [1.82, 2.24) is 25.0 Å². The van der Waals surface area contributed by atoms with Crippen LogP contribution in [0.4, 0.5) is 0 Å². The smallest absolute Gasteiger partial charge is 0.151 e. The summed E-state index contributed by atoms with van der Waals surface area (Å²) in [6, 6.07) is 8.33. The van der Waals surface area contributed by atoms with Crippen molar-refractivity contribution < 1.29 is 0 Å². The summed E-state index contributed by atoms with van der Waals surface area (Å²) in [6.45, 7) is 7.22. The fourth-order valence-corrected chi connectivity index (χ4v) is 2.47. The minimum absolute atomic E-state index is 0.857. The number of aryl methyl sites for hydroxylation is 1. The second-order valence-corrected chi connectivity index (χ2v) is 4.93. The zero-order valence-electron chi connectivity index (χ0n) is 11.2. The van der Waals surface area contributed by atoms with Crippen LogP contribution in [0.5, 0.6) is 0 Å². The molecule has 0 unspecified atom stereocenters. The fraction of sp³-hybridized carbons (Fsp3) is 0.429. The zero-order chi connectivity index (χ0) is 13.1. The van der Waals surface area contributed by atoms with Crippen molar-refractivity contribution in [3.63, 3.8) is 0 Å². The quantitative estimate of drug-likeness (QED) is 0.890. The van der Waals surface area contributed by atoms with Crippen molar-refractivity contribution in [3.8, 4) is 5.69 Å². The normalized spacial score (nSPS) is 16.7. The van der Waals surface area contributed by atoms with Gasteiger partial charge in [0.1, 0.15) is 6.33 Å². The van der Waals surface area contributed by atoms with Crippen LogP contribution in [-0.4, -0.2) is 45.8 Å². The number of nitrogens with one attached hydrogen (secondary N) is 1. The molecule has 5 nitrogen and oxygen atoms in total. The van der Waals surface area contributed by atoms with Crippen LogP contribution in [-0.2, 0) is 6.54 Å². The predicted molar refractivity (Wildman–Crippen MR) is 74.2 cm³/mol. The molecular weight excluding hydrogens is 238 g/mol. The summed E-state index contributed by atoms with van der Waals surface area (Å²) in [5.74, 6) is 1.01. The van der Waals surface area contributed by atoms with Gasteiger partial charge in [0.05, 0.1) is 12.2 Å². The van der Waals surface area contributed by atoms with Crippen LogP contribution in [0.3, 0.4) is 0 Å². The largest absolute Gasteiger partial charge is 0.314 e. The average molecular weight is 257 g/mol. The summed E-state index contributed by atoms with van der Waals surface area (Å²) in [5, 5.41) is 11.7. The Bertz CT molecular complexity index is 542. The second kappa shape index (κ2) is 5.50. The lowest BCUT2D eigenvalue weighted by atomic mass is 10.2. The number of piperazine rings is 1. The van der Waals surface area contributed by atoms with Gasteiger partial charge in [-0.15, -0.1) is 10.2 Å². The first-order valence-electron chi connectivity index (χ1n) is 6.72. The van der Waals surface area contributed by atoms with Crippen LogP contribution in [0.1, 0.15) is 11.4 Å². The Hall–Kier alpha value is -1.72. The second-order valence-electron chi connectivity index (χ2n) is 4.93. The Morgan fingerprint density at radius 2 is 2.00 bits per heavy atom. The molecule has 1 aliphatic rings. The molecule has 1 aromatic carbocycles. The van der Waals surface area contributed by atoms with Crippen molar-refractivity contribution in [2.45, 2.75) is 13.5 Å². The van der Waals surface area contributed by atoms with E-state index in [2.05, 4.69) is 56.2 Å². The lowest BCUT2D eigenvalue weighted by Gasteiger charge is -2.26. The Labute approximate surface area is 113 Å². The molecule has 0 aliphatic carbocycles. The fourth-order valence-electron chi connectivity index (χ4n) is 2.47. The minimum Gasteiger partial charge on any atom is -0.314 e. The van der Waals surface area contributed by atoms with Gasteiger partial charge in [-0.05, 0) is 18.6 Å². The van der Waals surface area contributed by atoms with Crippen LogP contribution in [0.2, 0.25) is 0 Å². The third-order valence-electron chi connectivity index (χ3n) is 3.57. The topological polar surface area (TPSA) is 46.0 Å². The molecule has 3 rings (SSSR count). The lowest BCUT2D eigenvalue weighted by Crippen LogP contribution is -2.43. The first-order valence-corrected chi connectivity index (χ1v) is 6.72. The van der Waals surface area contributed by atoms with Gasteiger partial charge in [-0.2, -0.15) is 0 Å². The van der Waals surface area contributed by atoms with Crippen LogP contribution in [0.15, 0.2) is 30.6 Å². The van der Waals surface area contributed by atoms with Crippen molar-refractivity contribution >= 4 is 0 Å². The van der Waals surface area contributed by atoms with E-state index in [0.29, 0.717) is 0 Å². The minimum atomic E-state index is 0.857. The maximum Gasteiger partial charge on any atom is 0.151 e. The summed E-state index contributed by atoms with van der Waals surface area (Å²) >= 11 is 0. The van der Waals surface area contributed by atoms with E-state index < -0.39 is 0 Å². The van der Waals surface area contributed by atoms with Gasteiger partial charge in [-0.25, -0.2) is 0 Å². The standard InChI is InChI=1S/C14H19N5/c1-12-4-2-3-5-13(12)19-11-16-17-14(19)10-18-8-6-15-7-9-18/h2-5,11,15H,6-10H2,1H3. The molecule has 2 heterocycles. The molecule has 1 N–H and O–H groups in total. The van der Waals surface area contributed by atoms with E-state index in [9.17, 15) is 0 Å². The highest BCUT2D eigenvalue weighted by molar-refractivity contribution is 5.40. The molecule has 0 atom stereocenters. The number of aromatic nitrogens is 3. The molecule has 2 aromatic rings. The van der Waals surface area contributed by atoms with Crippen molar-refractivity contribution in [2.24, 2.45) is 0 Å². The molecule has 5 heteroatoms. The number of rotatable bonds is 3. The third-order valence-corrected chi connectivity index (χ3v) is 3.57. The lowest BCUT2D eigenvalue weighted by molar-refractivity contribution is 0.226. The van der Waals surface area contributed by atoms with Crippen LogP contribution in [0, 0.1) is 6.92 Å². The predicted octanol–water partition coefficient (Wildman–Crippen LogP) is 0.981. The SMILES string of the molecule is Cc1ccccc1-n1cnnc1CN1CCNCC1. The van der Waals surface area contributed by atoms with Gasteiger partial charge < -0.3 is 5.32 Å². The Kier molecular flexibility index (Phi) is 3.57. The maximum absolute atomic E-state index is 4.28. The maximum atomic E-state index is 4.28. The van der Waals surface area contributed by atoms with Crippen LogP contribution >= 0.6 is 0 Å². The van der Waals surface area contributed by atoms with E-state index in [1.54, 1.807) is 6.33 Å². The monoisotopic (exact) mass is 257 g/mol. The van der Waals surface area contributed by atoms with E-state index in [1.807, 2.05) is 0 Å². The number of benzene rings is 1. The zero-order valence-corrected chi connectivity index (χ0v) is 11.2. The highest BCUT2D eigenvalue weighted by Crippen LogP contribution is 2.15. The Morgan fingerprint density at radius 1 is 1.21 bits per heavy atom. The molecule has 1 aliphatic heterocycles. The summed E-state index contributed by atoms with van der Waals surface area (Å²) in [4.78, 5) is 2.41. The highest BCUT2D eigenvalue weighted by Gasteiger charge is 2.14. The average Bonchev–Trinajstić information content (AvgIpc) is 2.88. The molecular formula is C14H19N5. The molecule has 0 radical (unpaired) electrons. The molecule has 0 spiro atoms. The third kappa shape index (κ3) is 2.67. The van der Waals surface area contributed by atoms with Crippen molar-refractivity contribution in [1.29, 1.82) is 0 Å². The number of hydrogen-bond donors (Lipinski definition) is 1. The number of hydrogen-bond acceptors (Lipinski definition) is 4. The molecule has 0 bridgehead atoms. The highest BCUT2D eigenvalue weighted by atomic mass is 15.3. The van der Waals surface area contributed by atoms with Gasteiger partial charge >= 0.3 is 0 Å². The molecule has 1 aromatic heterocycles. The van der Waals surface area contributed by atoms with Gasteiger partial charge in [0.2, 0.25) is 0 Å².